The van der Waals surface area contributed by atoms with E-state index in [1.165, 1.54) is 73.4 Å². The van der Waals surface area contributed by atoms with Crippen molar-refractivity contribution in [2.24, 2.45) is 23.2 Å². The van der Waals surface area contributed by atoms with Crippen molar-refractivity contribution in [1.29, 1.82) is 5.26 Å². The maximum Gasteiger partial charge on any atom is 0.243 e. The monoisotopic (exact) mass is 491 g/mol. The third-order valence-electron chi connectivity index (χ3n) is 8.55. The number of nitriles is 1. The smallest absolute Gasteiger partial charge is 0.243 e. The Balaban J connectivity index is 1.16. The minimum atomic E-state index is -3.72. The average molecular weight is 492 g/mol. The van der Waals surface area contributed by atoms with Gasteiger partial charge in [0, 0.05) is 18.5 Å². The summed E-state index contributed by atoms with van der Waals surface area (Å²) < 4.78 is 27.7. The van der Waals surface area contributed by atoms with Crippen molar-refractivity contribution in [3.8, 4) is 6.07 Å². The highest BCUT2D eigenvalue weighted by Gasteiger charge is 2.51. The molecular weight excluding hydrogens is 462 g/mol. The molecule has 9 heteroatoms. The van der Waals surface area contributed by atoms with Crippen LogP contribution >= 0.6 is 0 Å². The SMILES string of the molecule is N#Cc1ccc(S(=O)(=O)N2CCc3c(ncnc3NC(=O)CC34CC5CC(CC(C5)C3)C4)C2)cc1. The number of hydrogen-bond acceptors (Lipinski definition) is 6. The molecule has 1 amide bonds. The average Bonchev–Trinajstić information content (AvgIpc) is 2.82. The first kappa shape index (κ1) is 22.6. The lowest BCUT2D eigenvalue weighted by Crippen LogP contribution is -2.47. The molecule has 5 aliphatic rings. The molecule has 0 spiro atoms. The molecule has 0 radical (unpaired) electrons. The lowest BCUT2D eigenvalue weighted by Gasteiger charge is -2.56. The predicted molar refractivity (Wildman–Crippen MR) is 128 cm³/mol. The minimum Gasteiger partial charge on any atom is -0.310 e. The molecule has 4 fully saturated rings. The van der Waals surface area contributed by atoms with E-state index in [0.29, 0.717) is 29.9 Å². The molecule has 1 N–H and O–H groups in total. The van der Waals surface area contributed by atoms with E-state index in [-0.39, 0.29) is 29.3 Å². The molecule has 35 heavy (non-hydrogen) atoms. The van der Waals surface area contributed by atoms with E-state index in [1.54, 1.807) is 0 Å². The van der Waals surface area contributed by atoms with Gasteiger partial charge < -0.3 is 5.32 Å². The van der Waals surface area contributed by atoms with Crippen LogP contribution in [0, 0.1) is 34.5 Å². The van der Waals surface area contributed by atoms with Gasteiger partial charge in [-0.25, -0.2) is 18.4 Å². The molecular formula is C26H29N5O3S. The maximum absolute atomic E-state index is 13.1. The first-order valence-electron chi connectivity index (χ1n) is 12.5. The normalized spacial score (nSPS) is 29.4. The number of aromatic nitrogens is 2. The number of rotatable bonds is 5. The van der Waals surface area contributed by atoms with Crippen LogP contribution in [0.2, 0.25) is 0 Å². The van der Waals surface area contributed by atoms with E-state index in [1.807, 2.05) is 6.07 Å². The number of sulfonamides is 1. The van der Waals surface area contributed by atoms with E-state index in [2.05, 4.69) is 15.3 Å². The molecule has 4 saturated carbocycles. The molecule has 1 aromatic heterocycles. The number of carbonyl (C=O) groups is 1. The molecule has 7 rings (SSSR count). The number of benzene rings is 1. The second kappa shape index (κ2) is 8.38. The second-order valence-electron chi connectivity index (χ2n) is 11.0. The molecule has 0 saturated heterocycles. The van der Waals surface area contributed by atoms with Gasteiger partial charge in [0.05, 0.1) is 28.8 Å². The zero-order valence-corrected chi connectivity index (χ0v) is 20.4. The Kier molecular flexibility index (Phi) is 5.42. The van der Waals surface area contributed by atoms with Gasteiger partial charge in [0.1, 0.15) is 12.1 Å². The quantitative estimate of drug-likeness (QED) is 0.683. The van der Waals surface area contributed by atoms with Crippen LogP contribution in [0.25, 0.3) is 0 Å². The van der Waals surface area contributed by atoms with E-state index in [9.17, 15) is 13.2 Å². The summed E-state index contributed by atoms with van der Waals surface area (Å²) in [5, 5.41) is 12.0. The number of hydrogen-bond donors (Lipinski definition) is 1. The van der Waals surface area contributed by atoms with Gasteiger partial charge in [-0.15, -0.1) is 0 Å². The minimum absolute atomic E-state index is 0.0143. The lowest BCUT2D eigenvalue weighted by molar-refractivity contribution is -0.124. The maximum atomic E-state index is 13.1. The van der Waals surface area contributed by atoms with Crippen LogP contribution < -0.4 is 5.32 Å². The molecule has 2 heterocycles. The summed E-state index contributed by atoms with van der Waals surface area (Å²) in [6.45, 7) is 0.401. The standard InChI is InChI=1S/C26H29N5O3S/c27-14-17-1-3-21(4-2-17)35(33,34)31-6-5-22-23(15-31)28-16-29-25(22)30-24(32)13-26-10-18-7-19(11-26)9-20(8-18)12-26/h1-4,16,18-20H,5-13,15H2,(H,28,29,30,32). The highest BCUT2D eigenvalue weighted by atomic mass is 32.2. The largest absolute Gasteiger partial charge is 0.310 e. The Hall–Kier alpha value is -2.83. The Morgan fingerprint density at radius 2 is 1.74 bits per heavy atom. The topological polar surface area (TPSA) is 116 Å². The van der Waals surface area contributed by atoms with Gasteiger partial charge in [0.2, 0.25) is 15.9 Å². The van der Waals surface area contributed by atoms with Gasteiger partial charge in [0.25, 0.3) is 0 Å². The van der Waals surface area contributed by atoms with Crippen LogP contribution in [0.4, 0.5) is 5.82 Å². The van der Waals surface area contributed by atoms with Crippen molar-refractivity contribution in [2.45, 2.75) is 62.8 Å². The summed E-state index contributed by atoms with van der Waals surface area (Å²) in [4.78, 5) is 22.0. The highest BCUT2D eigenvalue weighted by Crippen LogP contribution is 2.61. The van der Waals surface area contributed by atoms with Crippen molar-refractivity contribution in [1.82, 2.24) is 14.3 Å². The number of amides is 1. The zero-order chi connectivity index (χ0) is 24.2. The summed E-state index contributed by atoms with van der Waals surface area (Å²) >= 11 is 0. The number of nitrogens with zero attached hydrogens (tertiary/aromatic N) is 4. The fraction of sp³-hybridized carbons (Fsp3) is 0.538. The predicted octanol–water partition coefficient (Wildman–Crippen LogP) is 3.64. The van der Waals surface area contributed by atoms with Gasteiger partial charge in [-0.3, -0.25) is 4.79 Å². The summed E-state index contributed by atoms with van der Waals surface area (Å²) in [6.07, 6.45) is 9.96. The van der Waals surface area contributed by atoms with E-state index in [4.69, 9.17) is 5.26 Å². The van der Waals surface area contributed by atoms with Crippen molar-refractivity contribution >= 4 is 21.7 Å². The third-order valence-corrected chi connectivity index (χ3v) is 10.4. The second-order valence-corrected chi connectivity index (χ2v) is 13.0. The van der Waals surface area contributed by atoms with Gasteiger partial charge in [-0.1, -0.05) is 0 Å². The van der Waals surface area contributed by atoms with E-state index in [0.717, 1.165) is 23.3 Å². The van der Waals surface area contributed by atoms with E-state index < -0.39 is 10.0 Å². The van der Waals surface area contributed by atoms with Crippen LogP contribution in [0.1, 0.15) is 61.8 Å². The first-order valence-corrected chi connectivity index (χ1v) is 13.9. The summed E-state index contributed by atoms with van der Waals surface area (Å²) in [6, 6.07) is 7.93. The van der Waals surface area contributed by atoms with Crippen molar-refractivity contribution in [2.75, 3.05) is 11.9 Å². The molecule has 4 bridgehead atoms. The molecule has 2 aromatic rings. The van der Waals surface area contributed by atoms with Crippen LogP contribution in [-0.4, -0.2) is 35.1 Å². The fourth-order valence-electron chi connectivity index (χ4n) is 7.52. The first-order chi connectivity index (χ1) is 16.8. The molecule has 0 atom stereocenters. The van der Waals surface area contributed by atoms with Gasteiger partial charge in [-0.05, 0) is 92.4 Å². The number of nitrogens with one attached hydrogen (secondary N) is 1. The van der Waals surface area contributed by atoms with Crippen molar-refractivity contribution in [3.05, 3.63) is 47.4 Å². The highest BCUT2D eigenvalue weighted by molar-refractivity contribution is 7.89. The fourth-order valence-corrected chi connectivity index (χ4v) is 8.92. The van der Waals surface area contributed by atoms with Gasteiger partial charge in [0.15, 0.2) is 0 Å². The molecule has 0 unspecified atom stereocenters. The van der Waals surface area contributed by atoms with Crippen molar-refractivity contribution < 1.29 is 13.2 Å². The zero-order valence-electron chi connectivity index (χ0n) is 19.6. The van der Waals surface area contributed by atoms with Crippen LogP contribution in [-0.2, 0) is 27.8 Å². The van der Waals surface area contributed by atoms with Gasteiger partial charge in [-0.2, -0.15) is 9.57 Å². The Morgan fingerprint density at radius 1 is 1.09 bits per heavy atom. The van der Waals surface area contributed by atoms with Crippen LogP contribution in [0.3, 0.4) is 0 Å². The van der Waals surface area contributed by atoms with E-state index >= 15 is 0 Å². The third kappa shape index (κ3) is 4.13. The van der Waals surface area contributed by atoms with Crippen LogP contribution in [0.5, 0.6) is 0 Å². The molecule has 1 aliphatic heterocycles. The molecule has 4 aliphatic carbocycles. The Morgan fingerprint density at radius 3 is 2.37 bits per heavy atom. The summed E-state index contributed by atoms with van der Waals surface area (Å²) in [5.41, 5.74) is 2.00. The van der Waals surface area contributed by atoms with Gasteiger partial charge >= 0.3 is 0 Å². The van der Waals surface area contributed by atoms with Crippen LogP contribution in [0.15, 0.2) is 35.5 Å². The number of fused-ring (bicyclic) bond motifs is 1. The number of anilines is 1. The lowest BCUT2D eigenvalue weighted by atomic mass is 9.49. The summed E-state index contributed by atoms with van der Waals surface area (Å²) in [5.74, 6) is 2.92. The Labute approximate surface area is 205 Å². The molecule has 182 valence electrons. The molecule has 1 aromatic carbocycles. The molecule has 8 nitrogen and oxygen atoms in total. The number of carbonyl (C=O) groups excluding carboxylic acids is 1. The summed E-state index contributed by atoms with van der Waals surface area (Å²) in [7, 11) is -3.72. The Bertz CT molecular complexity index is 1280. The van der Waals surface area contributed by atoms with Crippen molar-refractivity contribution in [3.63, 3.8) is 0 Å².